The molecule has 0 aliphatic carbocycles. The lowest BCUT2D eigenvalue weighted by atomic mass is 10.0. The molecule has 0 saturated carbocycles. The predicted octanol–water partition coefficient (Wildman–Crippen LogP) is 3.04. The van der Waals surface area contributed by atoms with Gasteiger partial charge in [0.1, 0.15) is 5.78 Å². The molecule has 0 aromatic heterocycles. The van der Waals surface area contributed by atoms with Crippen LogP contribution in [0.4, 0.5) is 0 Å². The Morgan fingerprint density at radius 2 is 2.21 bits per heavy atom. The van der Waals surface area contributed by atoms with Crippen molar-refractivity contribution in [2.24, 2.45) is 0 Å². The van der Waals surface area contributed by atoms with E-state index in [1.807, 2.05) is 12.1 Å². The topological polar surface area (TPSA) is 17.1 Å². The van der Waals surface area contributed by atoms with Crippen molar-refractivity contribution in [1.29, 1.82) is 0 Å². The number of Topliss-reactive ketones (excluding diaryl/α,β-unsaturated/α-hetero) is 1. The number of alkyl halides is 1. The first kappa shape index (κ1) is 11.8. The fraction of sp³-hybridized carbons (Fsp3) is 0.364. The van der Waals surface area contributed by atoms with Crippen LogP contribution in [0.25, 0.3) is 0 Å². The summed E-state index contributed by atoms with van der Waals surface area (Å²) in [5, 5.41) is 0.415. The first-order valence-electron chi connectivity index (χ1n) is 4.56. The van der Waals surface area contributed by atoms with Crippen LogP contribution >= 0.6 is 28.6 Å². The van der Waals surface area contributed by atoms with Crippen molar-refractivity contribution in [2.75, 3.05) is 5.33 Å². The molecule has 1 aromatic carbocycles. The molecule has 0 unspecified atom stereocenters. The number of thiol groups is 1. The van der Waals surface area contributed by atoms with Crippen molar-refractivity contribution in [3.05, 3.63) is 29.3 Å². The summed E-state index contributed by atoms with van der Waals surface area (Å²) in [6.07, 6.45) is 1.42. The van der Waals surface area contributed by atoms with E-state index in [-0.39, 0.29) is 5.78 Å². The number of hydrogen-bond acceptors (Lipinski definition) is 2. The Bertz CT molecular complexity index is 336. The number of rotatable bonds is 4. The van der Waals surface area contributed by atoms with Crippen LogP contribution in [-0.2, 0) is 17.6 Å². The molecule has 0 spiro atoms. The quantitative estimate of drug-likeness (QED) is 0.659. The van der Waals surface area contributed by atoms with Crippen LogP contribution < -0.4 is 0 Å². The number of carbonyl (C=O) groups excluding carboxylic acids is 1. The first-order chi connectivity index (χ1) is 6.69. The van der Waals surface area contributed by atoms with Crippen molar-refractivity contribution in [2.45, 2.75) is 24.7 Å². The van der Waals surface area contributed by atoms with E-state index in [9.17, 15) is 4.79 Å². The minimum Gasteiger partial charge on any atom is -0.298 e. The van der Waals surface area contributed by atoms with Crippen molar-refractivity contribution in [1.82, 2.24) is 0 Å². The number of halogens is 1. The van der Waals surface area contributed by atoms with Gasteiger partial charge in [-0.15, -0.1) is 12.6 Å². The molecule has 0 aliphatic rings. The molecule has 0 amide bonds. The summed E-state index contributed by atoms with van der Waals surface area (Å²) in [7, 11) is 0. The third kappa shape index (κ3) is 2.85. The van der Waals surface area contributed by atoms with Gasteiger partial charge in [-0.25, -0.2) is 0 Å². The maximum absolute atomic E-state index is 11.3. The molecule has 0 atom stereocenters. The number of ketones is 1. The van der Waals surface area contributed by atoms with E-state index in [2.05, 4.69) is 41.5 Å². The third-order valence-electron chi connectivity index (χ3n) is 2.15. The van der Waals surface area contributed by atoms with Crippen LogP contribution in [0.15, 0.2) is 23.1 Å². The van der Waals surface area contributed by atoms with Crippen LogP contribution in [0.2, 0.25) is 0 Å². The summed E-state index contributed by atoms with van der Waals surface area (Å²) in [4.78, 5) is 12.2. The van der Waals surface area contributed by atoms with Gasteiger partial charge in [0.05, 0.1) is 5.33 Å². The minimum absolute atomic E-state index is 0.196. The third-order valence-corrected chi connectivity index (χ3v) is 3.20. The molecule has 0 saturated heterocycles. The van der Waals surface area contributed by atoms with E-state index in [1.165, 1.54) is 5.56 Å². The highest BCUT2D eigenvalue weighted by molar-refractivity contribution is 9.09. The van der Waals surface area contributed by atoms with Gasteiger partial charge in [0.15, 0.2) is 0 Å². The molecule has 1 rings (SSSR count). The smallest absolute Gasteiger partial charge is 0.147 e. The average Bonchev–Trinajstić information content (AvgIpc) is 2.20. The standard InChI is InChI=1S/C11H13BrOS/c1-2-8-4-3-5-11(14)10(8)6-9(13)7-12/h3-5,14H,2,6-7H2,1H3. The Labute approximate surface area is 98.4 Å². The molecule has 0 fully saturated rings. The molecule has 0 aliphatic heterocycles. The van der Waals surface area contributed by atoms with Crippen molar-refractivity contribution >= 4 is 34.3 Å². The van der Waals surface area contributed by atoms with Gasteiger partial charge in [-0.05, 0) is 23.6 Å². The van der Waals surface area contributed by atoms with Gasteiger partial charge in [-0.2, -0.15) is 0 Å². The van der Waals surface area contributed by atoms with Gasteiger partial charge in [0, 0.05) is 11.3 Å². The second-order valence-electron chi connectivity index (χ2n) is 3.12. The zero-order valence-electron chi connectivity index (χ0n) is 8.09. The summed E-state index contributed by atoms with van der Waals surface area (Å²) >= 11 is 7.54. The van der Waals surface area contributed by atoms with E-state index in [4.69, 9.17) is 0 Å². The molecule has 0 radical (unpaired) electrons. The van der Waals surface area contributed by atoms with Crippen molar-refractivity contribution in [3.8, 4) is 0 Å². The summed E-state index contributed by atoms with van der Waals surface area (Å²) in [5.41, 5.74) is 2.29. The van der Waals surface area contributed by atoms with Gasteiger partial charge in [0.2, 0.25) is 0 Å². The summed E-state index contributed by atoms with van der Waals surface area (Å²) < 4.78 is 0. The zero-order valence-corrected chi connectivity index (χ0v) is 10.6. The van der Waals surface area contributed by atoms with Crippen molar-refractivity contribution in [3.63, 3.8) is 0 Å². The maximum Gasteiger partial charge on any atom is 0.147 e. The Morgan fingerprint density at radius 3 is 2.79 bits per heavy atom. The molecular formula is C11H13BrOS. The van der Waals surface area contributed by atoms with Crippen LogP contribution in [0.5, 0.6) is 0 Å². The summed E-state index contributed by atoms with van der Waals surface area (Å²) in [5.74, 6) is 0.196. The lowest BCUT2D eigenvalue weighted by Gasteiger charge is -2.08. The van der Waals surface area contributed by atoms with E-state index in [0.717, 1.165) is 16.9 Å². The number of carbonyl (C=O) groups is 1. The van der Waals surface area contributed by atoms with Gasteiger partial charge >= 0.3 is 0 Å². The summed E-state index contributed by atoms with van der Waals surface area (Å²) in [6, 6.07) is 5.96. The average molecular weight is 273 g/mol. The van der Waals surface area contributed by atoms with E-state index < -0.39 is 0 Å². The molecule has 1 aromatic rings. The van der Waals surface area contributed by atoms with Crippen LogP contribution in [0.1, 0.15) is 18.1 Å². The Hall–Kier alpha value is -0.280. The van der Waals surface area contributed by atoms with Crippen LogP contribution in [-0.4, -0.2) is 11.1 Å². The highest BCUT2D eigenvalue weighted by atomic mass is 79.9. The van der Waals surface area contributed by atoms with E-state index in [1.54, 1.807) is 0 Å². The Balaban J connectivity index is 2.98. The van der Waals surface area contributed by atoms with Gasteiger partial charge < -0.3 is 0 Å². The molecule has 1 nitrogen and oxygen atoms in total. The molecule has 76 valence electrons. The van der Waals surface area contributed by atoms with Crippen LogP contribution in [0.3, 0.4) is 0 Å². The lowest BCUT2D eigenvalue weighted by Crippen LogP contribution is -2.06. The second kappa shape index (κ2) is 5.56. The number of benzene rings is 1. The van der Waals surface area contributed by atoms with E-state index in [0.29, 0.717) is 11.8 Å². The molecule has 0 N–H and O–H groups in total. The largest absolute Gasteiger partial charge is 0.298 e. The lowest BCUT2D eigenvalue weighted by molar-refractivity contribution is -0.115. The SMILES string of the molecule is CCc1cccc(S)c1CC(=O)CBr. The molecule has 0 bridgehead atoms. The normalized spacial score (nSPS) is 10.2. The molecule has 3 heteroatoms. The zero-order chi connectivity index (χ0) is 10.6. The van der Waals surface area contributed by atoms with Crippen molar-refractivity contribution < 1.29 is 4.79 Å². The highest BCUT2D eigenvalue weighted by Crippen LogP contribution is 2.20. The first-order valence-corrected chi connectivity index (χ1v) is 6.13. The van der Waals surface area contributed by atoms with Gasteiger partial charge in [-0.1, -0.05) is 35.0 Å². The van der Waals surface area contributed by atoms with Gasteiger partial charge in [0.25, 0.3) is 0 Å². The predicted molar refractivity (Wildman–Crippen MR) is 65.6 cm³/mol. The summed E-state index contributed by atoms with van der Waals surface area (Å²) in [6.45, 7) is 2.09. The molecular weight excluding hydrogens is 260 g/mol. The number of aryl methyl sites for hydroxylation is 1. The minimum atomic E-state index is 0.196. The Morgan fingerprint density at radius 1 is 1.50 bits per heavy atom. The maximum atomic E-state index is 11.3. The Kier molecular flexibility index (Phi) is 4.69. The monoisotopic (exact) mass is 272 g/mol. The number of hydrogen-bond donors (Lipinski definition) is 1. The molecule has 14 heavy (non-hydrogen) atoms. The van der Waals surface area contributed by atoms with Gasteiger partial charge in [-0.3, -0.25) is 4.79 Å². The second-order valence-corrected chi connectivity index (χ2v) is 4.16. The fourth-order valence-corrected chi connectivity index (χ4v) is 1.91. The molecule has 0 heterocycles. The fourth-order valence-electron chi connectivity index (χ4n) is 1.40. The van der Waals surface area contributed by atoms with Crippen LogP contribution in [0, 0.1) is 0 Å². The van der Waals surface area contributed by atoms with E-state index >= 15 is 0 Å². The highest BCUT2D eigenvalue weighted by Gasteiger charge is 2.08.